The first kappa shape index (κ1) is 12.3. The van der Waals surface area contributed by atoms with Crippen LogP contribution in [0.25, 0.3) is 0 Å². The minimum absolute atomic E-state index is 0.341. The fourth-order valence-electron chi connectivity index (χ4n) is 1.67. The topological polar surface area (TPSA) is 37.4 Å². The van der Waals surface area contributed by atoms with Gasteiger partial charge in [0.25, 0.3) is 0 Å². The van der Waals surface area contributed by atoms with Gasteiger partial charge in [-0.05, 0) is 30.9 Å². The molecule has 1 aliphatic heterocycles. The zero-order valence-corrected chi connectivity index (χ0v) is 10.4. The molecular formula is C9H19NO2S2. The van der Waals surface area contributed by atoms with Gasteiger partial charge in [0.1, 0.15) is 0 Å². The molecular weight excluding hydrogens is 218 g/mol. The van der Waals surface area contributed by atoms with Gasteiger partial charge in [0.2, 0.25) is 10.0 Å². The molecule has 0 spiro atoms. The monoisotopic (exact) mass is 237 g/mol. The zero-order valence-electron chi connectivity index (χ0n) is 8.65. The maximum atomic E-state index is 11.4. The highest BCUT2D eigenvalue weighted by atomic mass is 32.2. The van der Waals surface area contributed by atoms with Crippen LogP contribution in [0.4, 0.5) is 0 Å². The van der Waals surface area contributed by atoms with E-state index < -0.39 is 10.0 Å². The average Bonchev–Trinajstić information content (AvgIpc) is 2.42. The summed E-state index contributed by atoms with van der Waals surface area (Å²) in [7, 11) is -2.88. The van der Waals surface area contributed by atoms with Crippen molar-refractivity contribution in [3.05, 3.63) is 0 Å². The lowest BCUT2D eigenvalue weighted by atomic mass is 10.1. The second-order valence-electron chi connectivity index (χ2n) is 3.97. The van der Waals surface area contributed by atoms with Gasteiger partial charge in [-0.3, -0.25) is 0 Å². The number of thiol groups is 1. The van der Waals surface area contributed by atoms with Crippen molar-refractivity contribution in [2.45, 2.75) is 26.2 Å². The van der Waals surface area contributed by atoms with Crippen molar-refractivity contribution in [3.63, 3.8) is 0 Å². The van der Waals surface area contributed by atoms with Crippen LogP contribution < -0.4 is 0 Å². The van der Waals surface area contributed by atoms with Crippen LogP contribution in [0, 0.1) is 5.92 Å². The molecule has 0 aromatic heterocycles. The van der Waals surface area contributed by atoms with Crippen LogP contribution in [0.15, 0.2) is 0 Å². The van der Waals surface area contributed by atoms with Crippen LogP contribution in [-0.2, 0) is 10.0 Å². The van der Waals surface area contributed by atoms with Gasteiger partial charge in [0.15, 0.2) is 0 Å². The maximum absolute atomic E-state index is 11.4. The van der Waals surface area contributed by atoms with Crippen LogP contribution in [0.5, 0.6) is 0 Å². The molecule has 14 heavy (non-hydrogen) atoms. The molecule has 1 atom stereocenters. The van der Waals surface area contributed by atoms with Crippen molar-refractivity contribution in [2.75, 3.05) is 24.6 Å². The second-order valence-corrected chi connectivity index (χ2v) is 6.51. The molecule has 5 heteroatoms. The molecule has 1 rings (SSSR count). The Morgan fingerprint density at radius 3 is 2.64 bits per heavy atom. The fourth-order valence-corrected chi connectivity index (χ4v) is 3.66. The first-order chi connectivity index (χ1) is 6.56. The standard InChI is InChI=1S/C9H19NO2S2/c1-9(4-7-13)3-6-10-5-2-8-14(10,11)12/h9,13H,2-8H2,1H3. The van der Waals surface area contributed by atoms with E-state index in [2.05, 4.69) is 19.6 Å². The molecule has 0 N–H and O–H groups in total. The van der Waals surface area contributed by atoms with Gasteiger partial charge in [-0.1, -0.05) is 6.92 Å². The van der Waals surface area contributed by atoms with E-state index >= 15 is 0 Å². The minimum atomic E-state index is -2.88. The van der Waals surface area contributed by atoms with Gasteiger partial charge >= 0.3 is 0 Å². The molecule has 1 saturated heterocycles. The number of sulfonamides is 1. The zero-order chi connectivity index (χ0) is 10.6. The highest BCUT2D eigenvalue weighted by molar-refractivity contribution is 7.89. The van der Waals surface area contributed by atoms with Crippen molar-refractivity contribution in [2.24, 2.45) is 5.92 Å². The molecule has 0 aromatic rings. The SMILES string of the molecule is CC(CCS)CCN1CCCS1(=O)=O. The molecule has 84 valence electrons. The van der Waals surface area contributed by atoms with Gasteiger partial charge in [-0.15, -0.1) is 0 Å². The first-order valence-electron chi connectivity index (χ1n) is 5.15. The Morgan fingerprint density at radius 1 is 1.43 bits per heavy atom. The summed E-state index contributed by atoms with van der Waals surface area (Å²) in [6, 6.07) is 0. The molecule has 0 bridgehead atoms. The van der Waals surface area contributed by atoms with Crippen molar-refractivity contribution in [3.8, 4) is 0 Å². The van der Waals surface area contributed by atoms with Crippen molar-refractivity contribution < 1.29 is 8.42 Å². The fraction of sp³-hybridized carbons (Fsp3) is 1.00. The summed E-state index contributed by atoms with van der Waals surface area (Å²) in [5, 5.41) is 0. The Labute approximate surface area is 92.3 Å². The molecule has 3 nitrogen and oxygen atoms in total. The first-order valence-corrected chi connectivity index (χ1v) is 7.39. The van der Waals surface area contributed by atoms with E-state index in [9.17, 15) is 8.42 Å². The number of rotatable bonds is 5. The Kier molecular flexibility index (Phi) is 4.73. The summed E-state index contributed by atoms with van der Waals surface area (Å²) in [4.78, 5) is 0. The molecule has 1 heterocycles. The van der Waals surface area contributed by atoms with Gasteiger partial charge < -0.3 is 0 Å². The highest BCUT2D eigenvalue weighted by Crippen LogP contribution is 2.16. The van der Waals surface area contributed by atoms with Gasteiger partial charge in [-0.25, -0.2) is 12.7 Å². The summed E-state index contributed by atoms with van der Waals surface area (Å²) >= 11 is 4.16. The largest absolute Gasteiger partial charge is 0.214 e. The Morgan fingerprint density at radius 2 is 2.14 bits per heavy atom. The van der Waals surface area contributed by atoms with E-state index in [1.165, 1.54) is 0 Å². The molecule has 1 unspecified atom stereocenters. The Bertz CT molecular complexity index is 264. The van der Waals surface area contributed by atoms with Crippen LogP contribution in [-0.4, -0.2) is 37.3 Å². The molecule has 0 aliphatic carbocycles. The normalized spacial score (nSPS) is 23.9. The van der Waals surface area contributed by atoms with E-state index in [1.807, 2.05) is 0 Å². The van der Waals surface area contributed by atoms with E-state index in [4.69, 9.17) is 0 Å². The van der Waals surface area contributed by atoms with Crippen LogP contribution in [0.1, 0.15) is 26.2 Å². The smallest absolute Gasteiger partial charge is 0.212 e. The van der Waals surface area contributed by atoms with Crippen LogP contribution in [0.3, 0.4) is 0 Å². The Balaban J connectivity index is 2.31. The Hall–Kier alpha value is 0.260. The summed E-state index contributed by atoms with van der Waals surface area (Å²) < 4.78 is 24.5. The minimum Gasteiger partial charge on any atom is -0.212 e. The van der Waals surface area contributed by atoms with Crippen molar-refractivity contribution in [1.82, 2.24) is 4.31 Å². The predicted molar refractivity (Wildman–Crippen MR) is 62.2 cm³/mol. The molecule has 0 radical (unpaired) electrons. The third-order valence-corrected chi connectivity index (χ3v) is 4.91. The lowest BCUT2D eigenvalue weighted by Gasteiger charge is -2.16. The lowest BCUT2D eigenvalue weighted by molar-refractivity contribution is 0.390. The van der Waals surface area contributed by atoms with Gasteiger partial charge in [0.05, 0.1) is 5.75 Å². The van der Waals surface area contributed by atoms with E-state index in [-0.39, 0.29) is 0 Å². The molecule has 1 fully saturated rings. The van der Waals surface area contributed by atoms with E-state index in [0.29, 0.717) is 18.2 Å². The van der Waals surface area contributed by atoms with E-state index in [1.54, 1.807) is 4.31 Å². The lowest BCUT2D eigenvalue weighted by Crippen LogP contribution is -2.27. The average molecular weight is 237 g/mol. The van der Waals surface area contributed by atoms with Crippen molar-refractivity contribution in [1.29, 1.82) is 0 Å². The van der Waals surface area contributed by atoms with Crippen molar-refractivity contribution >= 4 is 22.7 Å². The van der Waals surface area contributed by atoms with Gasteiger partial charge in [0, 0.05) is 13.1 Å². The van der Waals surface area contributed by atoms with Crippen LogP contribution >= 0.6 is 12.6 Å². The maximum Gasteiger partial charge on any atom is 0.214 e. The number of hydrogen-bond donors (Lipinski definition) is 1. The van der Waals surface area contributed by atoms with Crippen LogP contribution in [0.2, 0.25) is 0 Å². The predicted octanol–water partition coefficient (Wildman–Crippen LogP) is 1.37. The molecule has 0 saturated carbocycles. The highest BCUT2D eigenvalue weighted by Gasteiger charge is 2.27. The molecule has 1 aliphatic rings. The summed E-state index contributed by atoms with van der Waals surface area (Å²) in [6.45, 7) is 3.56. The molecule has 0 aromatic carbocycles. The summed E-state index contributed by atoms with van der Waals surface area (Å²) in [5.74, 6) is 1.80. The molecule has 0 amide bonds. The summed E-state index contributed by atoms with van der Waals surface area (Å²) in [6.07, 6.45) is 2.82. The third kappa shape index (κ3) is 3.44. The number of nitrogens with zero attached hydrogens (tertiary/aromatic N) is 1. The third-order valence-electron chi connectivity index (χ3n) is 2.70. The quantitative estimate of drug-likeness (QED) is 0.733. The number of hydrogen-bond acceptors (Lipinski definition) is 3. The van der Waals surface area contributed by atoms with E-state index in [0.717, 1.165) is 31.6 Å². The second kappa shape index (κ2) is 5.37. The summed E-state index contributed by atoms with van der Waals surface area (Å²) in [5.41, 5.74) is 0. The van der Waals surface area contributed by atoms with Gasteiger partial charge in [-0.2, -0.15) is 12.6 Å².